The van der Waals surface area contributed by atoms with Crippen molar-refractivity contribution in [2.45, 2.75) is 25.3 Å². The summed E-state index contributed by atoms with van der Waals surface area (Å²) in [5, 5.41) is 2.83. The molecular weight excluding hydrogens is 419 g/mol. The summed E-state index contributed by atoms with van der Waals surface area (Å²) in [6.45, 7) is 0. The lowest BCUT2D eigenvalue weighted by Crippen LogP contribution is -2.37. The number of amides is 2. The van der Waals surface area contributed by atoms with Crippen molar-refractivity contribution in [2.24, 2.45) is 0 Å². The topological polar surface area (TPSA) is 65.2 Å². The van der Waals surface area contributed by atoms with Gasteiger partial charge in [0, 0.05) is 24.0 Å². The number of H-pyrrole nitrogens is 1. The molecule has 0 radical (unpaired) electrons. The first-order valence-electron chi connectivity index (χ1n) is 9.29. The van der Waals surface area contributed by atoms with Gasteiger partial charge in [-0.25, -0.2) is 18.0 Å². The molecule has 0 bridgehead atoms. The molecule has 0 saturated carbocycles. The number of hydrogen-bond acceptors (Lipinski definition) is 2. The summed E-state index contributed by atoms with van der Waals surface area (Å²) in [5.41, 5.74) is 0.994. The molecule has 30 heavy (non-hydrogen) atoms. The third-order valence-electron chi connectivity index (χ3n) is 5.38. The van der Waals surface area contributed by atoms with Crippen LogP contribution in [-0.2, 0) is 6.42 Å². The van der Waals surface area contributed by atoms with Crippen molar-refractivity contribution in [2.75, 3.05) is 12.4 Å². The summed E-state index contributed by atoms with van der Waals surface area (Å²) < 4.78 is 41.0. The van der Waals surface area contributed by atoms with Crippen molar-refractivity contribution in [1.29, 1.82) is 0 Å². The number of anilines is 1. The van der Waals surface area contributed by atoms with Gasteiger partial charge in [-0.05, 0) is 55.0 Å². The minimum absolute atomic E-state index is 0.0266. The molecule has 1 aromatic heterocycles. The lowest BCUT2D eigenvalue weighted by molar-refractivity contribution is 0.197. The second-order valence-electron chi connectivity index (χ2n) is 7.24. The average molecular weight is 436 g/mol. The number of pyridine rings is 1. The minimum atomic E-state index is -1.11. The van der Waals surface area contributed by atoms with Crippen LogP contribution in [-0.4, -0.2) is 23.0 Å². The summed E-state index contributed by atoms with van der Waals surface area (Å²) in [6.07, 6.45) is 1.82. The Kier molecular flexibility index (Phi) is 5.19. The lowest BCUT2D eigenvalue weighted by Gasteiger charge is -2.34. The Morgan fingerprint density at radius 1 is 1.13 bits per heavy atom. The molecule has 1 heterocycles. The number of nitrogens with zero attached hydrogens (tertiary/aromatic N) is 1. The van der Waals surface area contributed by atoms with Crippen LogP contribution in [0.5, 0.6) is 0 Å². The van der Waals surface area contributed by atoms with E-state index >= 15 is 0 Å². The average Bonchev–Trinajstić information content (AvgIpc) is 2.71. The molecule has 3 aromatic rings. The second-order valence-corrected chi connectivity index (χ2v) is 7.64. The fourth-order valence-corrected chi connectivity index (χ4v) is 4.08. The molecule has 1 unspecified atom stereocenters. The Balaban J connectivity index is 1.73. The molecule has 2 aromatic carbocycles. The smallest absolute Gasteiger partial charge is 0.322 e. The van der Waals surface area contributed by atoms with E-state index in [2.05, 4.69) is 10.3 Å². The number of carbonyl (C=O) groups excluding carboxylic acids is 1. The summed E-state index contributed by atoms with van der Waals surface area (Å²) >= 11 is 5.76. The molecule has 1 aliphatic rings. The zero-order valence-corrected chi connectivity index (χ0v) is 16.6. The van der Waals surface area contributed by atoms with Crippen LogP contribution in [0.2, 0.25) is 5.02 Å². The van der Waals surface area contributed by atoms with Crippen molar-refractivity contribution >= 4 is 34.1 Å². The van der Waals surface area contributed by atoms with Gasteiger partial charge in [0.2, 0.25) is 0 Å². The van der Waals surface area contributed by atoms with Crippen molar-refractivity contribution in [3.05, 3.63) is 74.4 Å². The molecule has 156 valence electrons. The highest BCUT2D eigenvalue weighted by atomic mass is 35.5. The number of rotatable bonds is 2. The van der Waals surface area contributed by atoms with Gasteiger partial charge in [-0.3, -0.25) is 4.79 Å². The fraction of sp³-hybridized carbons (Fsp3) is 0.238. The van der Waals surface area contributed by atoms with E-state index in [9.17, 15) is 22.8 Å². The van der Waals surface area contributed by atoms with Crippen LogP contribution < -0.4 is 10.9 Å². The Morgan fingerprint density at radius 2 is 1.83 bits per heavy atom. The number of urea groups is 1. The van der Waals surface area contributed by atoms with E-state index < -0.39 is 35.1 Å². The van der Waals surface area contributed by atoms with Gasteiger partial charge < -0.3 is 15.2 Å². The van der Waals surface area contributed by atoms with E-state index in [1.807, 2.05) is 0 Å². The predicted octanol–water partition coefficient (Wildman–Crippen LogP) is 5.14. The number of halogens is 4. The minimum Gasteiger partial charge on any atom is -0.325 e. The molecular formula is C21H17ClF3N3O2. The summed E-state index contributed by atoms with van der Waals surface area (Å²) in [4.78, 5) is 29.3. The summed E-state index contributed by atoms with van der Waals surface area (Å²) in [5.74, 6) is -2.78. The number of aromatic amines is 1. The number of nitrogens with one attached hydrogen (secondary N) is 2. The number of benzene rings is 2. The van der Waals surface area contributed by atoms with Gasteiger partial charge in [-0.15, -0.1) is 0 Å². The molecule has 0 fully saturated rings. The highest BCUT2D eigenvalue weighted by molar-refractivity contribution is 6.31. The van der Waals surface area contributed by atoms with Crippen LogP contribution in [0.3, 0.4) is 0 Å². The zero-order valence-electron chi connectivity index (χ0n) is 15.9. The van der Waals surface area contributed by atoms with E-state index in [0.29, 0.717) is 36.2 Å². The molecule has 0 aliphatic heterocycles. The van der Waals surface area contributed by atoms with Gasteiger partial charge >= 0.3 is 6.03 Å². The Labute approximate surface area is 174 Å². The zero-order chi connectivity index (χ0) is 21.6. The molecule has 1 aliphatic carbocycles. The van der Waals surface area contributed by atoms with Crippen molar-refractivity contribution < 1.29 is 18.0 Å². The van der Waals surface area contributed by atoms with Gasteiger partial charge in [0.05, 0.1) is 16.5 Å². The van der Waals surface area contributed by atoms with Crippen LogP contribution in [0.4, 0.5) is 23.7 Å². The maximum Gasteiger partial charge on any atom is 0.322 e. The predicted molar refractivity (Wildman–Crippen MR) is 108 cm³/mol. The number of carbonyl (C=O) groups is 1. The molecule has 0 spiro atoms. The fourth-order valence-electron chi connectivity index (χ4n) is 3.90. The Bertz CT molecular complexity index is 1230. The maximum atomic E-state index is 14.0. The largest absolute Gasteiger partial charge is 0.325 e. The quantitative estimate of drug-likeness (QED) is 0.585. The molecule has 1 atom stereocenters. The van der Waals surface area contributed by atoms with Crippen LogP contribution in [0, 0.1) is 17.5 Å². The van der Waals surface area contributed by atoms with Crippen LogP contribution in [0.25, 0.3) is 10.8 Å². The van der Waals surface area contributed by atoms with Gasteiger partial charge in [-0.2, -0.15) is 0 Å². The van der Waals surface area contributed by atoms with Crippen LogP contribution >= 0.6 is 11.6 Å². The van der Waals surface area contributed by atoms with E-state index in [4.69, 9.17) is 11.6 Å². The normalized spacial score (nSPS) is 15.7. The van der Waals surface area contributed by atoms with E-state index in [1.54, 1.807) is 7.05 Å². The molecule has 2 amide bonds. The molecule has 5 nitrogen and oxygen atoms in total. The number of aryl methyl sites for hydroxylation is 1. The van der Waals surface area contributed by atoms with Crippen LogP contribution in [0.15, 0.2) is 35.1 Å². The van der Waals surface area contributed by atoms with Crippen molar-refractivity contribution in [1.82, 2.24) is 9.88 Å². The van der Waals surface area contributed by atoms with E-state index in [1.165, 1.54) is 17.0 Å². The third kappa shape index (κ3) is 3.52. The van der Waals surface area contributed by atoms with Crippen molar-refractivity contribution in [3.8, 4) is 0 Å². The highest BCUT2D eigenvalue weighted by Gasteiger charge is 2.30. The molecule has 4 rings (SSSR count). The lowest BCUT2D eigenvalue weighted by atomic mass is 9.87. The number of fused-ring (bicyclic) bond motifs is 3. The van der Waals surface area contributed by atoms with Gasteiger partial charge in [0.25, 0.3) is 5.56 Å². The van der Waals surface area contributed by atoms with Gasteiger partial charge in [0.1, 0.15) is 5.82 Å². The van der Waals surface area contributed by atoms with Crippen LogP contribution in [0.1, 0.15) is 30.1 Å². The van der Waals surface area contributed by atoms with Gasteiger partial charge in [0.15, 0.2) is 11.6 Å². The Morgan fingerprint density at radius 3 is 2.53 bits per heavy atom. The first kappa shape index (κ1) is 20.3. The second kappa shape index (κ2) is 7.68. The van der Waals surface area contributed by atoms with Crippen molar-refractivity contribution in [3.63, 3.8) is 0 Å². The monoisotopic (exact) mass is 435 g/mol. The number of hydrogen-bond donors (Lipinski definition) is 2. The molecule has 9 heteroatoms. The first-order valence-corrected chi connectivity index (χ1v) is 9.66. The van der Waals surface area contributed by atoms with E-state index in [-0.39, 0.29) is 15.8 Å². The standard InChI is InChI=1S/C21H17ClF3N3O2/c1-28(21(30)26-10-5-6-14(23)13(22)7-10)18-4-2-3-17-19(18)11-8-15(24)16(25)9-12(11)20(29)27-17/h5-9,18H,2-4H2,1H3,(H,26,30)(H,27,29). The third-order valence-corrected chi connectivity index (χ3v) is 5.67. The molecule has 0 saturated heterocycles. The number of aromatic nitrogens is 1. The Hall–Kier alpha value is -3.00. The first-order chi connectivity index (χ1) is 14.3. The maximum absolute atomic E-state index is 14.0. The highest BCUT2D eigenvalue weighted by Crippen LogP contribution is 2.37. The molecule has 2 N–H and O–H groups in total. The SMILES string of the molecule is CN(C(=O)Nc1ccc(F)c(Cl)c1)C1CCCc2[nH]c(=O)c3cc(F)c(F)cc3c21. The summed E-state index contributed by atoms with van der Waals surface area (Å²) in [7, 11) is 1.57. The van der Waals surface area contributed by atoms with E-state index in [0.717, 1.165) is 18.2 Å². The summed E-state index contributed by atoms with van der Waals surface area (Å²) in [6, 6.07) is 4.73. The van der Waals surface area contributed by atoms with Gasteiger partial charge in [-0.1, -0.05) is 11.6 Å².